The third-order valence-corrected chi connectivity index (χ3v) is 6.34. The Morgan fingerprint density at radius 1 is 1.29 bits per heavy atom. The number of carbonyl (C=O) groups excluding carboxylic acids is 2. The van der Waals surface area contributed by atoms with Crippen molar-refractivity contribution in [2.75, 3.05) is 14.2 Å². The van der Waals surface area contributed by atoms with Crippen LogP contribution in [0.3, 0.4) is 0 Å². The molecule has 0 radical (unpaired) electrons. The third-order valence-electron chi connectivity index (χ3n) is 6.11. The molecule has 1 unspecified atom stereocenters. The van der Waals surface area contributed by atoms with Crippen molar-refractivity contribution in [2.45, 2.75) is 49.9 Å². The summed E-state index contributed by atoms with van der Waals surface area (Å²) in [6, 6.07) is 10.3. The van der Waals surface area contributed by atoms with Gasteiger partial charge in [-0.25, -0.2) is 4.79 Å². The highest BCUT2D eigenvalue weighted by Crippen LogP contribution is 2.43. The van der Waals surface area contributed by atoms with Gasteiger partial charge in [-0.1, -0.05) is 35.6 Å². The smallest absolute Gasteiger partial charge is 0.343 e. The van der Waals surface area contributed by atoms with E-state index in [0.29, 0.717) is 34.9 Å². The van der Waals surface area contributed by atoms with E-state index in [4.69, 9.17) is 25.8 Å². The van der Waals surface area contributed by atoms with E-state index in [9.17, 15) is 14.7 Å². The van der Waals surface area contributed by atoms with Crippen molar-refractivity contribution >= 4 is 23.5 Å². The van der Waals surface area contributed by atoms with Crippen molar-refractivity contribution in [3.63, 3.8) is 0 Å². The maximum Gasteiger partial charge on any atom is 0.343 e. The molecule has 1 heterocycles. The first kappa shape index (κ1) is 23.9. The number of ether oxygens (including phenoxy) is 3. The molecule has 2 aromatic carbocycles. The van der Waals surface area contributed by atoms with Crippen molar-refractivity contribution in [1.29, 1.82) is 0 Å². The topological polar surface area (TPSA) is 94.1 Å². The molecule has 2 aliphatic rings. The van der Waals surface area contributed by atoms with Crippen LogP contribution in [0.15, 0.2) is 36.4 Å². The minimum Gasteiger partial charge on any atom is -0.493 e. The first-order valence-corrected chi connectivity index (χ1v) is 11.5. The molecule has 8 heteroatoms. The molecular formula is C26H26ClNO6. The van der Waals surface area contributed by atoms with Crippen LogP contribution in [0.2, 0.25) is 5.02 Å². The highest BCUT2D eigenvalue weighted by Gasteiger charge is 2.38. The summed E-state index contributed by atoms with van der Waals surface area (Å²) in [6.07, 6.45) is 1.56. The van der Waals surface area contributed by atoms with Crippen molar-refractivity contribution < 1.29 is 28.9 Å². The summed E-state index contributed by atoms with van der Waals surface area (Å²) in [5.41, 5.74) is 0.392. The van der Waals surface area contributed by atoms with E-state index in [1.807, 2.05) is 6.07 Å². The number of aliphatic hydroxyl groups is 1. The Bertz CT molecular complexity index is 1170. The van der Waals surface area contributed by atoms with Crippen LogP contribution in [0.4, 0.5) is 0 Å². The number of hydrogen-bond donors (Lipinski definition) is 2. The number of halogens is 1. The number of benzene rings is 2. The third kappa shape index (κ3) is 5.14. The molecule has 1 fully saturated rings. The van der Waals surface area contributed by atoms with Gasteiger partial charge in [0.25, 0.3) is 0 Å². The summed E-state index contributed by atoms with van der Waals surface area (Å²) in [6.45, 7) is 0. The van der Waals surface area contributed by atoms with Gasteiger partial charge in [0.1, 0.15) is 17.3 Å². The zero-order valence-corrected chi connectivity index (χ0v) is 19.8. The van der Waals surface area contributed by atoms with E-state index in [2.05, 4.69) is 17.2 Å². The van der Waals surface area contributed by atoms with E-state index in [1.165, 1.54) is 14.2 Å². The Balaban J connectivity index is 1.41. The van der Waals surface area contributed by atoms with E-state index < -0.39 is 17.7 Å². The molecule has 34 heavy (non-hydrogen) atoms. The summed E-state index contributed by atoms with van der Waals surface area (Å²) in [5, 5.41) is 14.5. The number of cyclic esters (lactones) is 1. The highest BCUT2D eigenvalue weighted by molar-refractivity contribution is 6.30. The maximum absolute atomic E-state index is 12.8. The molecule has 2 N–H and O–H groups in total. The Morgan fingerprint density at radius 2 is 2.12 bits per heavy atom. The van der Waals surface area contributed by atoms with Crippen molar-refractivity contribution in [3.8, 4) is 23.3 Å². The zero-order valence-electron chi connectivity index (χ0n) is 19.0. The van der Waals surface area contributed by atoms with E-state index in [1.54, 1.807) is 30.3 Å². The Labute approximate surface area is 203 Å². The second kappa shape index (κ2) is 9.96. The van der Waals surface area contributed by atoms with Gasteiger partial charge in [0.15, 0.2) is 11.5 Å². The van der Waals surface area contributed by atoms with Crippen LogP contribution in [0, 0.1) is 11.8 Å². The van der Waals surface area contributed by atoms with Crippen LogP contribution in [-0.4, -0.2) is 42.8 Å². The van der Waals surface area contributed by atoms with Gasteiger partial charge >= 0.3 is 5.97 Å². The molecule has 0 bridgehead atoms. The van der Waals surface area contributed by atoms with E-state index in [-0.39, 0.29) is 23.9 Å². The van der Waals surface area contributed by atoms with Gasteiger partial charge in [-0.05, 0) is 43.5 Å². The molecular weight excluding hydrogens is 458 g/mol. The summed E-state index contributed by atoms with van der Waals surface area (Å²) in [4.78, 5) is 25.2. The van der Waals surface area contributed by atoms with Crippen LogP contribution in [-0.2, 0) is 9.53 Å². The number of carbonyl (C=O) groups is 2. The van der Waals surface area contributed by atoms with Crippen LogP contribution >= 0.6 is 11.6 Å². The quantitative estimate of drug-likeness (QED) is 0.496. The number of nitrogens with one attached hydrogen (secondary N) is 1. The van der Waals surface area contributed by atoms with Crippen molar-refractivity contribution in [3.05, 3.63) is 58.1 Å². The summed E-state index contributed by atoms with van der Waals surface area (Å²) >= 11 is 6.00. The molecule has 178 valence electrons. The van der Waals surface area contributed by atoms with Gasteiger partial charge < -0.3 is 24.6 Å². The van der Waals surface area contributed by atoms with Crippen LogP contribution in [0.5, 0.6) is 11.5 Å². The van der Waals surface area contributed by atoms with Gasteiger partial charge in [0.2, 0.25) is 5.91 Å². The molecule has 4 rings (SSSR count). The molecule has 3 atom stereocenters. The average molecular weight is 484 g/mol. The van der Waals surface area contributed by atoms with Crippen LogP contribution in [0.25, 0.3) is 0 Å². The van der Waals surface area contributed by atoms with Crippen LogP contribution in [0.1, 0.15) is 59.7 Å². The number of hydrogen-bond acceptors (Lipinski definition) is 6. The lowest BCUT2D eigenvalue weighted by Crippen LogP contribution is -2.45. The van der Waals surface area contributed by atoms with Crippen LogP contribution < -0.4 is 14.8 Å². The minimum atomic E-state index is -1.20. The molecule has 1 aliphatic heterocycles. The standard InChI is InChI=1S/C26H26ClNO6/c1-32-20-9-8-19-21(34-25(30)23(19)24(20)33-2)14-22(29)28-18-7-4-11-26(31,15-18)12-10-16-5-3-6-17(27)13-16/h3,5-6,8-9,13,18,21,31H,4,7,11,14-15H2,1-2H3,(H,28,29)/t18-,21?,26+/m0/s1. The molecule has 0 spiro atoms. The monoisotopic (exact) mass is 483 g/mol. The average Bonchev–Trinajstić information content (AvgIpc) is 3.12. The van der Waals surface area contributed by atoms with Gasteiger partial charge in [-0.2, -0.15) is 0 Å². The fourth-order valence-corrected chi connectivity index (χ4v) is 4.71. The Kier molecular flexibility index (Phi) is 7.01. The number of esters is 1. The maximum atomic E-state index is 12.8. The second-order valence-corrected chi connectivity index (χ2v) is 8.95. The molecule has 1 amide bonds. The van der Waals surface area contributed by atoms with Gasteiger partial charge in [-0.15, -0.1) is 0 Å². The zero-order chi connectivity index (χ0) is 24.3. The summed E-state index contributed by atoms with van der Waals surface area (Å²) in [7, 11) is 2.94. The largest absolute Gasteiger partial charge is 0.493 e. The van der Waals surface area contributed by atoms with Gasteiger partial charge in [0.05, 0.1) is 20.6 Å². The second-order valence-electron chi connectivity index (χ2n) is 8.52. The lowest BCUT2D eigenvalue weighted by molar-refractivity contribution is -0.124. The molecule has 1 aliphatic carbocycles. The molecule has 2 aromatic rings. The molecule has 1 saturated carbocycles. The van der Waals surface area contributed by atoms with E-state index in [0.717, 1.165) is 18.4 Å². The normalized spacial score (nSPS) is 23.2. The Hall–Kier alpha value is -3.21. The SMILES string of the molecule is COc1ccc2c(c1OC)C(=O)OC2CC(=O)N[C@H]1CCC[C@@](O)(C#Cc2cccc(Cl)c2)C1. The Morgan fingerprint density at radius 3 is 2.85 bits per heavy atom. The number of rotatable bonds is 5. The van der Waals surface area contributed by atoms with Gasteiger partial charge in [0, 0.05) is 28.6 Å². The van der Waals surface area contributed by atoms with Crippen molar-refractivity contribution in [2.24, 2.45) is 0 Å². The fraction of sp³-hybridized carbons (Fsp3) is 0.385. The molecule has 0 saturated heterocycles. The summed E-state index contributed by atoms with van der Waals surface area (Å²) < 4.78 is 16.0. The van der Waals surface area contributed by atoms with Gasteiger partial charge in [-0.3, -0.25) is 4.79 Å². The molecule has 7 nitrogen and oxygen atoms in total. The van der Waals surface area contributed by atoms with Crippen molar-refractivity contribution in [1.82, 2.24) is 5.32 Å². The number of amides is 1. The predicted octanol–water partition coefficient (Wildman–Crippen LogP) is 3.80. The van der Waals surface area contributed by atoms with E-state index >= 15 is 0 Å². The minimum absolute atomic E-state index is 0.0304. The lowest BCUT2D eigenvalue weighted by atomic mass is 9.82. The number of methoxy groups -OCH3 is 2. The fourth-order valence-electron chi connectivity index (χ4n) is 4.52. The highest BCUT2D eigenvalue weighted by atomic mass is 35.5. The lowest BCUT2D eigenvalue weighted by Gasteiger charge is -2.33. The first-order chi connectivity index (χ1) is 16.3. The summed E-state index contributed by atoms with van der Waals surface area (Å²) in [5.74, 6) is 5.85. The number of fused-ring (bicyclic) bond motifs is 1. The molecule has 0 aromatic heterocycles. The first-order valence-electron chi connectivity index (χ1n) is 11.1. The predicted molar refractivity (Wildman–Crippen MR) is 126 cm³/mol.